The Morgan fingerprint density at radius 2 is 2.08 bits per heavy atom. The third-order valence-electron chi connectivity index (χ3n) is 4.35. The van der Waals surface area contributed by atoms with Crippen LogP contribution >= 0.6 is 0 Å². The third kappa shape index (κ3) is 4.11. The largest absolute Gasteiger partial charge is 0.416 e. The van der Waals surface area contributed by atoms with Gasteiger partial charge in [0.15, 0.2) is 0 Å². The van der Waals surface area contributed by atoms with Crippen LogP contribution in [0.2, 0.25) is 0 Å². The second-order valence-electron chi connectivity index (χ2n) is 6.13. The Bertz CT molecular complexity index is 811. The molecule has 0 spiro atoms. The van der Waals surface area contributed by atoms with Gasteiger partial charge in [-0.05, 0) is 36.2 Å². The van der Waals surface area contributed by atoms with Crippen LogP contribution in [0.4, 0.5) is 23.4 Å². The lowest BCUT2D eigenvalue weighted by atomic mass is 10.1. The van der Waals surface area contributed by atoms with Crippen LogP contribution in [0.25, 0.3) is 0 Å². The van der Waals surface area contributed by atoms with E-state index >= 15 is 0 Å². The number of rotatable bonds is 4. The van der Waals surface area contributed by atoms with Crippen molar-refractivity contribution in [2.24, 2.45) is 0 Å². The monoisotopic (exact) mass is 364 g/mol. The van der Waals surface area contributed by atoms with Crippen LogP contribution < -0.4 is 10.2 Å². The maximum Gasteiger partial charge on any atom is 0.416 e. The molecule has 4 nitrogen and oxygen atoms in total. The summed E-state index contributed by atoms with van der Waals surface area (Å²) in [5.74, 6) is -0.175. The van der Waals surface area contributed by atoms with E-state index in [1.807, 2.05) is 11.0 Å². The van der Waals surface area contributed by atoms with Crippen molar-refractivity contribution < 1.29 is 17.6 Å². The van der Waals surface area contributed by atoms with Crippen molar-refractivity contribution >= 4 is 5.82 Å². The number of nitrogens with zero attached hydrogens (tertiary/aromatic N) is 3. The molecule has 1 saturated heterocycles. The van der Waals surface area contributed by atoms with Crippen molar-refractivity contribution in [3.63, 3.8) is 0 Å². The lowest BCUT2D eigenvalue weighted by Gasteiger charge is -2.19. The van der Waals surface area contributed by atoms with E-state index < -0.39 is 17.6 Å². The molecule has 1 aliphatic heterocycles. The van der Waals surface area contributed by atoms with Crippen molar-refractivity contribution in [2.45, 2.75) is 25.2 Å². The number of halogens is 4. The van der Waals surface area contributed by atoms with Gasteiger partial charge in [-0.25, -0.2) is 9.37 Å². The van der Waals surface area contributed by atoms with E-state index in [2.05, 4.69) is 10.3 Å². The van der Waals surface area contributed by atoms with E-state index in [4.69, 9.17) is 5.26 Å². The molecule has 0 aliphatic carbocycles. The quantitative estimate of drug-likeness (QED) is 0.844. The van der Waals surface area contributed by atoms with Gasteiger partial charge in [0.25, 0.3) is 0 Å². The summed E-state index contributed by atoms with van der Waals surface area (Å²) in [5, 5.41) is 11.9. The Hall–Kier alpha value is -2.66. The summed E-state index contributed by atoms with van der Waals surface area (Å²) >= 11 is 0. The smallest absolute Gasteiger partial charge is 0.355 e. The summed E-state index contributed by atoms with van der Waals surface area (Å²) < 4.78 is 52.3. The normalized spacial score (nSPS) is 17.3. The van der Waals surface area contributed by atoms with Gasteiger partial charge in [0.1, 0.15) is 17.7 Å². The summed E-state index contributed by atoms with van der Waals surface area (Å²) in [6.45, 7) is 1.32. The summed E-state index contributed by atoms with van der Waals surface area (Å²) in [4.78, 5) is 6.23. The molecule has 1 N–H and O–H groups in total. The van der Waals surface area contributed by atoms with Crippen LogP contribution in [0.15, 0.2) is 36.5 Å². The van der Waals surface area contributed by atoms with Crippen LogP contribution in [0, 0.1) is 17.1 Å². The maximum atomic E-state index is 13.2. The topological polar surface area (TPSA) is 52.0 Å². The molecule has 1 fully saturated rings. The number of aromatic nitrogens is 1. The van der Waals surface area contributed by atoms with Gasteiger partial charge < -0.3 is 10.2 Å². The molecule has 1 aromatic carbocycles. The van der Waals surface area contributed by atoms with Gasteiger partial charge >= 0.3 is 6.18 Å². The molecule has 1 aromatic heterocycles. The number of anilines is 1. The molecule has 0 saturated carbocycles. The van der Waals surface area contributed by atoms with Crippen molar-refractivity contribution in [3.8, 4) is 6.07 Å². The first kappa shape index (κ1) is 18.1. The minimum atomic E-state index is -4.59. The van der Waals surface area contributed by atoms with Gasteiger partial charge in [0, 0.05) is 31.9 Å². The van der Waals surface area contributed by atoms with Crippen molar-refractivity contribution in [3.05, 3.63) is 59.0 Å². The fourth-order valence-corrected chi connectivity index (χ4v) is 3.00. The first-order chi connectivity index (χ1) is 12.4. The molecular weight excluding hydrogens is 348 g/mol. The number of pyridine rings is 1. The second kappa shape index (κ2) is 7.30. The molecule has 1 aliphatic rings. The maximum absolute atomic E-state index is 13.2. The Morgan fingerprint density at radius 3 is 2.73 bits per heavy atom. The molecular formula is C18H16F4N4. The molecule has 0 unspecified atom stereocenters. The summed E-state index contributed by atoms with van der Waals surface area (Å²) in [7, 11) is 0. The fourth-order valence-electron chi connectivity index (χ4n) is 3.00. The summed E-state index contributed by atoms with van der Waals surface area (Å²) in [6.07, 6.45) is -2.35. The number of benzene rings is 1. The second-order valence-corrected chi connectivity index (χ2v) is 6.13. The Balaban J connectivity index is 1.62. The minimum absolute atomic E-state index is 0.00131. The predicted molar refractivity (Wildman–Crippen MR) is 87.8 cm³/mol. The molecule has 136 valence electrons. The van der Waals surface area contributed by atoms with E-state index in [1.165, 1.54) is 12.3 Å². The van der Waals surface area contributed by atoms with E-state index in [9.17, 15) is 17.6 Å². The molecule has 26 heavy (non-hydrogen) atoms. The number of nitriles is 1. The van der Waals surface area contributed by atoms with Crippen molar-refractivity contribution in [2.75, 3.05) is 18.0 Å². The Morgan fingerprint density at radius 1 is 1.27 bits per heavy atom. The molecule has 2 aromatic rings. The molecule has 1 atom stereocenters. The zero-order valence-electron chi connectivity index (χ0n) is 13.7. The number of nitrogens with one attached hydrogen (secondary N) is 1. The highest BCUT2D eigenvalue weighted by atomic mass is 19.4. The van der Waals surface area contributed by atoms with Crippen molar-refractivity contribution in [1.29, 1.82) is 5.26 Å². The van der Waals surface area contributed by atoms with E-state index in [1.54, 1.807) is 12.1 Å². The van der Waals surface area contributed by atoms with Gasteiger partial charge in [-0.15, -0.1) is 0 Å². The SMILES string of the molecule is N#Cc1ccc(N2CC[C@H](NCc3ccc(F)cc3C(F)(F)F)C2)nc1. The van der Waals surface area contributed by atoms with Crippen LogP contribution in [0.3, 0.4) is 0 Å². The number of hydrogen-bond acceptors (Lipinski definition) is 4. The highest BCUT2D eigenvalue weighted by Gasteiger charge is 2.34. The molecule has 0 bridgehead atoms. The number of hydrogen-bond donors (Lipinski definition) is 1. The van der Waals surface area contributed by atoms with Crippen LogP contribution in [-0.4, -0.2) is 24.1 Å². The third-order valence-corrected chi connectivity index (χ3v) is 4.35. The van der Waals surface area contributed by atoms with Crippen LogP contribution in [0.5, 0.6) is 0 Å². The molecule has 0 radical (unpaired) electrons. The van der Waals surface area contributed by atoms with Crippen LogP contribution in [0.1, 0.15) is 23.1 Å². The lowest BCUT2D eigenvalue weighted by molar-refractivity contribution is -0.138. The highest BCUT2D eigenvalue weighted by molar-refractivity contribution is 5.43. The lowest BCUT2D eigenvalue weighted by Crippen LogP contribution is -2.33. The molecule has 2 heterocycles. The van der Waals surface area contributed by atoms with Gasteiger partial charge in [0.05, 0.1) is 11.1 Å². The highest BCUT2D eigenvalue weighted by Crippen LogP contribution is 2.32. The number of alkyl halides is 3. The zero-order chi connectivity index (χ0) is 18.7. The predicted octanol–water partition coefficient (Wildman–Crippen LogP) is 3.48. The standard InChI is InChI=1S/C18H16F4N4/c19-14-3-2-13(16(7-14)18(20,21)22)10-24-15-5-6-26(11-15)17-4-1-12(8-23)9-25-17/h1-4,7,9,15,24H,5-6,10-11H2/t15-/m0/s1. The Labute approximate surface area is 148 Å². The minimum Gasteiger partial charge on any atom is -0.355 e. The van der Waals surface area contributed by atoms with E-state index in [0.717, 1.165) is 18.3 Å². The van der Waals surface area contributed by atoms with Gasteiger partial charge in [-0.1, -0.05) is 6.07 Å². The van der Waals surface area contributed by atoms with Gasteiger partial charge in [0.2, 0.25) is 0 Å². The first-order valence-electron chi connectivity index (χ1n) is 8.07. The fraction of sp³-hybridized carbons (Fsp3) is 0.333. The zero-order valence-corrected chi connectivity index (χ0v) is 13.7. The molecule has 8 heteroatoms. The molecule has 0 amide bonds. The summed E-state index contributed by atoms with van der Waals surface area (Å²) in [5.41, 5.74) is -0.457. The molecule has 3 rings (SSSR count). The van der Waals surface area contributed by atoms with E-state index in [0.29, 0.717) is 24.7 Å². The first-order valence-corrected chi connectivity index (χ1v) is 8.07. The summed E-state index contributed by atoms with van der Waals surface area (Å²) in [6, 6.07) is 8.16. The van der Waals surface area contributed by atoms with Gasteiger partial charge in [-0.3, -0.25) is 0 Å². The van der Waals surface area contributed by atoms with E-state index in [-0.39, 0.29) is 18.2 Å². The Kier molecular flexibility index (Phi) is 5.09. The average Bonchev–Trinajstić information content (AvgIpc) is 3.09. The van der Waals surface area contributed by atoms with Gasteiger partial charge in [-0.2, -0.15) is 18.4 Å². The van der Waals surface area contributed by atoms with Crippen molar-refractivity contribution in [1.82, 2.24) is 10.3 Å². The van der Waals surface area contributed by atoms with Crippen LogP contribution in [-0.2, 0) is 12.7 Å². The average molecular weight is 364 g/mol.